The number of halogens is 2. The first-order chi connectivity index (χ1) is 15.7. The summed E-state index contributed by atoms with van der Waals surface area (Å²) in [5, 5.41) is 21.3. The van der Waals surface area contributed by atoms with Gasteiger partial charge in [0.05, 0.1) is 10.8 Å². The van der Waals surface area contributed by atoms with E-state index >= 15 is 0 Å². The molecule has 33 heavy (non-hydrogen) atoms. The standard InChI is InChI=1S/C18H17Cl2N5O4S4/c19-8-1-2-9(20)10(3-8)30-4-11(26)22-12-13(27)25-5-18(15(28)29,6-31-14(12)25)7-32-17-24-23-16(21)33-17/h1-3,12,14H,4-7H2,(H2,21,23)(H,22,26)(H,28,29)/t12?,14-,18?/m1/s1. The molecule has 1 aromatic heterocycles. The number of anilines is 1. The van der Waals surface area contributed by atoms with E-state index in [0.717, 1.165) is 0 Å². The van der Waals surface area contributed by atoms with Crippen molar-refractivity contribution < 1.29 is 19.5 Å². The van der Waals surface area contributed by atoms with Gasteiger partial charge in [-0.2, -0.15) is 0 Å². The molecular weight excluding hydrogens is 549 g/mol. The topological polar surface area (TPSA) is 139 Å². The van der Waals surface area contributed by atoms with Gasteiger partial charge in [0.15, 0.2) is 4.34 Å². The predicted octanol–water partition coefficient (Wildman–Crippen LogP) is 2.78. The number of carbonyl (C=O) groups is 3. The van der Waals surface area contributed by atoms with Crippen LogP contribution in [0.4, 0.5) is 5.13 Å². The Labute approximate surface area is 215 Å². The highest BCUT2D eigenvalue weighted by Crippen LogP contribution is 2.44. The largest absolute Gasteiger partial charge is 0.481 e. The van der Waals surface area contributed by atoms with E-state index in [1.807, 2.05) is 0 Å². The molecule has 0 saturated carbocycles. The number of hydrogen-bond acceptors (Lipinski definition) is 10. The number of hydrogen-bond donors (Lipinski definition) is 3. The summed E-state index contributed by atoms with van der Waals surface area (Å²) in [5.74, 6) is -0.974. The summed E-state index contributed by atoms with van der Waals surface area (Å²) < 4.78 is 0.581. The first-order valence-electron chi connectivity index (χ1n) is 9.43. The van der Waals surface area contributed by atoms with Crippen LogP contribution in [0.5, 0.6) is 0 Å². The lowest BCUT2D eigenvalue weighted by molar-refractivity contribution is -0.157. The summed E-state index contributed by atoms with van der Waals surface area (Å²) in [6.45, 7) is 0.0688. The minimum atomic E-state index is -1.13. The minimum Gasteiger partial charge on any atom is -0.481 e. The van der Waals surface area contributed by atoms with Crippen LogP contribution >= 0.6 is 69.8 Å². The van der Waals surface area contributed by atoms with Crippen LogP contribution in [0.1, 0.15) is 0 Å². The molecule has 0 spiro atoms. The van der Waals surface area contributed by atoms with E-state index in [1.165, 1.54) is 51.5 Å². The first-order valence-corrected chi connectivity index (χ1v) is 14.0. The zero-order valence-corrected chi connectivity index (χ0v) is 21.5. The van der Waals surface area contributed by atoms with Crippen molar-refractivity contribution in [3.05, 3.63) is 28.2 Å². The van der Waals surface area contributed by atoms with Crippen molar-refractivity contribution in [1.82, 2.24) is 20.4 Å². The second-order valence-corrected chi connectivity index (χ2v) is 12.6. The molecule has 2 unspecified atom stereocenters. The van der Waals surface area contributed by atoms with Crippen LogP contribution in [0.15, 0.2) is 27.4 Å². The van der Waals surface area contributed by atoms with Gasteiger partial charge >= 0.3 is 5.97 Å². The number of nitrogen functional groups attached to an aromatic ring is 1. The molecule has 3 heterocycles. The summed E-state index contributed by atoms with van der Waals surface area (Å²) in [6.07, 6.45) is 0. The average Bonchev–Trinajstić information content (AvgIpc) is 3.21. The highest BCUT2D eigenvalue weighted by Gasteiger charge is 2.57. The molecule has 0 bridgehead atoms. The fraction of sp³-hybridized carbons (Fsp3) is 0.389. The van der Waals surface area contributed by atoms with E-state index in [1.54, 1.807) is 18.2 Å². The summed E-state index contributed by atoms with van der Waals surface area (Å²) in [7, 11) is 0. The van der Waals surface area contributed by atoms with Crippen molar-refractivity contribution in [3.8, 4) is 0 Å². The monoisotopic (exact) mass is 565 g/mol. The maximum absolute atomic E-state index is 12.7. The number of nitrogens with one attached hydrogen (secondary N) is 1. The Morgan fingerprint density at radius 2 is 2.12 bits per heavy atom. The van der Waals surface area contributed by atoms with Gasteiger partial charge in [-0.15, -0.1) is 33.7 Å². The molecule has 0 aliphatic carbocycles. The van der Waals surface area contributed by atoms with Gasteiger partial charge in [0.1, 0.15) is 16.8 Å². The second-order valence-electron chi connectivity index (χ2n) is 7.36. The van der Waals surface area contributed by atoms with E-state index in [2.05, 4.69) is 15.5 Å². The molecule has 9 nitrogen and oxygen atoms in total. The van der Waals surface area contributed by atoms with Crippen LogP contribution in [0.25, 0.3) is 0 Å². The molecule has 2 amide bonds. The number of amides is 2. The summed E-state index contributed by atoms with van der Waals surface area (Å²) in [4.78, 5) is 39.4. The summed E-state index contributed by atoms with van der Waals surface area (Å²) in [6, 6.07) is 4.31. The normalized spacial score (nSPS) is 24.2. The van der Waals surface area contributed by atoms with Crippen LogP contribution in [-0.2, 0) is 14.4 Å². The Morgan fingerprint density at radius 3 is 2.82 bits per heavy atom. The zero-order valence-electron chi connectivity index (χ0n) is 16.7. The number of carbonyl (C=O) groups excluding carboxylic acids is 2. The Bertz CT molecular complexity index is 1110. The van der Waals surface area contributed by atoms with Crippen molar-refractivity contribution in [2.24, 2.45) is 5.41 Å². The second kappa shape index (κ2) is 10.1. The molecular formula is C18H17Cl2N5O4S4. The number of carboxylic acids is 1. The van der Waals surface area contributed by atoms with Crippen LogP contribution in [0.3, 0.4) is 0 Å². The summed E-state index contributed by atoms with van der Waals surface area (Å²) in [5.41, 5.74) is 4.45. The highest BCUT2D eigenvalue weighted by molar-refractivity contribution is 8.01. The SMILES string of the molecule is Nc1nnc(SCC2(C(=O)O)CS[C@@H]3C(NC(=O)CSc4cc(Cl)ccc4Cl)C(=O)N3C2)s1. The Hall–Kier alpha value is -1.38. The van der Waals surface area contributed by atoms with Crippen LogP contribution in [0, 0.1) is 5.41 Å². The van der Waals surface area contributed by atoms with Crippen molar-refractivity contribution in [2.45, 2.75) is 20.7 Å². The van der Waals surface area contributed by atoms with E-state index in [4.69, 9.17) is 28.9 Å². The van der Waals surface area contributed by atoms with Gasteiger partial charge in [-0.25, -0.2) is 0 Å². The number of β-lactam (4-membered cyclic amide) rings is 1. The molecule has 176 valence electrons. The van der Waals surface area contributed by atoms with Crippen molar-refractivity contribution in [3.63, 3.8) is 0 Å². The highest BCUT2D eigenvalue weighted by atomic mass is 35.5. The minimum absolute atomic E-state index is 0.0688. The molecule has 2 aliphatic rings. The predicted molar refractivity (Wildman–Crippen MR) is 132 cm³/mol. The van der Waals surface area contributed by atoms with Gasteiger partial charge in [0.2, 0.25) is 16.9 Å². The lowest BCUT2D eigenvalue weighted by atomic mass is 9.89. The number of nitrogens with zero attached hydrogens (tertiary/aromatic N) is 3. The maximum atomic E-state index is 12.7. The number of fused-ring (bicyclic) bond motifs is 1. The number of aromatic nitrogens is 2. The van der Waals surface area contributed by atoms with Crippen LogP contribution in [0.2, 0.25) is 10.0 Å². The van der Waals surface area contributed by atoms with E-state index in [0.29, 0.717) is 30.2 Å². The lowest BCUT2D eigenvalue weighted by Crippen LogP contribution is -2.74. The number of rotatable bonds is 8. The molecule has 2 aliphatic heterocycles. The van der Waals surface area contributed by atoms with Crippen LogP contribution < -0.4 is 11.1 Å². The van der Waals surface area contributed by atoms with Gasteiger partial charge in [0.25, 0.3) is 0 Å². The summed E-state index contributed by atoms with van der Waals surface area (Å²) >= 11 is 17.1. The van der Waals surface area contributed by atoms with E-state index < -0.39 is 17.4 Å². The van der Waals surface area contributed by atoms with E-state index in [9.17, 15) is 19.5 Å². The van der Waals surface area contributed by atoms with Gasteiger partial charge in [0, 0.05) is 28.0 Å². The number of nitrogens with two attached hydrogens (primary N) is 1. The molecule has 0 radical (unpaired) electrons. The van der Waals surface area contributed by atoms with Crippen LogP contribution in [-0.4, -0.2) is 73.2 Å². The van der Waals surface area contributed by atoms with Gasteiger partial charge in [-0.3, -0.25) is 14.4 Å². The molecule has 2 fully saturated rings. The quantitative estimate of drug-likeness (QED) is 0.323. The fourth-order valence-corrected chi connectivity index (χ4v) is 8.13. The van der Waals surface area contributed by atoms with E-state index in [-0.39, 0.29) is 35.2 Å². The fourth-order valence-electron chi connectivity index (χ4n) is 3.33. The third-order valence-corrected chi connectivity index (χ3v) is 10.6. The molecule has 2 saturated heterocycles. The van der Waals surface area contributed by atoms with Gasteiger partial charge in [-0.05, 0) is 18.2 Å². The van der Waals surface area contributed by atoms with Crippen molar-refractivity contribution in [2.75, 3.05) is 29.5 Å². The van der Waals surface area contributed by atoms with Gasteiger partial charge in [-0.1, -0.05) is 46.3 Å². The maximum Gasteiger partial charge on any atom is 0.313 e. The molecule has 15 heteroatoms. The lowest BCUT2D eigenvalue weighted by Gasteiger charge is -2.53. The third kappa shape index (κ3) is 5.33. The smallest absolute Gasteiger partial charge is 0.313 e. The van der Waals surface area contributed by atoms with Gasteiger partial charge < -0.3 is 21.1 Å². The third-order valence-electron chi connectivity index (χ3n) is 5.06. The Morgan fingerprint density at radius 1 is 1.33 bits per heavy atom. The number of aliphatic carboxylic acids is 1. The van der Waals surface area contributed by atoms with Crippen molar-refractivity contribution >= 4 is 92.7 Å². The molecule has 3 atom stereocenters. The zero-order chi connectivity index (χ0) is 23.8. The first kappa shape index (κ1) is 24.7. The number of carboxylic acid groups (broad SMARTS) is 1. The average molecular weight is 567 g/mol. The molecule has 2 aromatic rings. The Balaban J connectivity index is 1.33. The number of thioether (sulfide) groups is 3. The van der Waals surface area contributed by atoms with Crippen molar-refractivity contribution in [1.29, 1.82) is 0 Å². The molecule has 1 aromatic carbocycles. The Kier molecular flexibility index (Phi) is 7.56. The molecule has 4 rings (SSSR count). The number of benzene rings is 1. The molecule has 4 N–H and O–H groups in total.